The average molecular weight is 416 g/mol. The van der Waals surface area contributed by atoms with Crippen LogP contribution in [0, 0.1) is 11.8 Å². The molecular weight excluding hydrogens is 378 g/mol. The van der Waals surface area contributed by atoms with E-state index in [0.29, 0.717) is 11.7 Å². The molecule has 4 rings (SSSR count). The zero-order valence-electron chi connectivity index (χ0n) is 19.3. The fourth-order valence-electron chi connectivity index (χ4n) is 5.50. The summed E-state index contributed by atoms with van der Waals surface area (Å²) in [6.45, 7) is 2.22. The quantitative estimate of drug-likeness (QED) is 0.350. The minimum absolute atomic E-state index is 0.273. The number of nitrogens with zero attached hydrogens (tertiary/aromatic N) is 1. The molecule has 2 aromatic carbocycles. The predicted molar refractivity (Wildman–Crippen MR) is 131 cm³/mol. The van der Waals surface area contributed by atoms with Crippen LogP contribution < -0.4 is 0 Å². The van der Waals surface area contributed by atoms with Crippen molar-refractivity contribution in [1.82, 2.24) is 4.57 Å². The van der Waals surface area contributed by atoms with E-state index in [1.807, 2.05) is 0 Å². The van der Waals surface area contributed by atoms with Gasteiger partial charge in [-0.3, -0.25) is 4.79 Å². The lowest BCUT2D eigenvalue weighted by molar-refractivity contribution is -0.128. The summed E-state index contributed by atoms with van der Waals surface area (Å²) in [7, 11) is 2.15. The molecule has 1 fully saturated rings. The zero-order chi connectivity index (χ0) is 21.6. The number of aromatic nitrogens is 1. The summed E-state index contributed by atoms with van der Waals surface area (Å²) in [5, 5.41) is 1.29. The highest BCUT2D eigenvalue weighted by Crippen LogP contribution is 2.31. The summed E-state index contributed by atoms with van der Waals surface area (Å²) in [6.07, 6.45) is 11.4. The van der Waals surface area contributed by atoms with Gasteiger partial charge in [0.25, 0.3) is 0 Å². The Bertz CT molecular complexity index is 1010. The van der Waals surface area contributed by atoms with E-state index in [1.54, 1.807) is 0 Å². The molecule has 0 saturated heterocycles. The first-order chi connectivity index (χ1) is 15.2. The summed E-state index contributed by atoms with van der Waals surface area (Å²) in [6, 6.07) is 19.8. The second kappa shape index (κ2) is 10.3. The third kappa shape index (κ3) is 5.11. The summed E-state index contributed by atoms with van der Waals surface area (Å²) in [5.74, 6) is 1.19. The van der Waals surface area contributed by atoms with Crippen molar-refractivity contribution >= 4 is 16.7 Å². The maximum atomic E-state index is 13.1. The molecule has 2 heteroatoms. The van der Waals surface area contributed by atoms with Crippen molar-refractivity contribution in [2.75, 3.05) is 0 Å². The van der Waals surface area contributed by atoms with Gasteiger partial charge in [-0.1, -0.05) is 69.0 Å². The number of benzene rings is 2. The summed E-state index contributed by atoms with van der Waals surface area (Å²) >= 11 is 0. The van der Waals surface area contributed by atoms with Gasteiger partial charge in [-0.25, -0.2) is 0 Å². The Morgan fingerprint density at radius 1 is 1.00 bits per heavy atom. The number of ketones is 1. The molecule has 1 heterocycles. The third-order valence-electron chi connectivity index (χ3n) is 7.24. The molecular formula is C29H37NO. The van der Waals surface area contributed by atoms with Crippen molar-refractivity contribution in [2.24, 2.45) is 18.9 Å². The van der Waals surface area contributed by atoms with Crippen LogP contribution in [0.2, 0.25) is 0 Å². The smallest absolute Gasteiger partial charge is 0.139 e. The van der Waals surface area contributed by atoms with Gasteiger partial charge in [-0.15, -0.1) is 0 Å². The molecule has 1 saturated carbocycles. The summed E-state index contributed by atoms with van der Waals surface area (Å²) < 4.78 is 2.29. The number of rotatable bonds is 9. The number of carbonyl (C=O) groups excluding carboxylic acids is 1. The molecule has 0 N–H and O–H groups in total. The molecule has 0 bridgehead atoms. The first-order valence-electron chi connectivity index (χ1n) is 12.3. The number of hydrogen-bond donors (Lipinski definition) is 0. The highest BCUT2D eigenvalue weighted by atomic mass is 16.1. The largest absolute Gasteiger partial charge is 0.344 e. The minimum Gasteiger partial charge on any atom is -0.344 e. The Kier molecular flexibility index (Phi) is 7.27. The lowest BCUT2D eigenvalue weighted by Gasteiger charge is -2.25. The van der Waals surface area contributed by atoms with Gasteiger partial charge >= 0.3 is 0 Å². The molecule has 1 unspecified atom stereocenters. The van der Waals surface area contributed by atoms with Crippen molar-refractivity contribution in [3.05, 3.63) is 60.2 Å². The van der Waals surface area contributed by atoms with E-state index < -0.39 is 0 Å². The van der Waals surface area contributed by atoms with Crippen LogP contribution in [0.15, 0.2) is 54.6 Å². The number of fused-ring (bicyclic) bond motifs is 1. The van der Waals surface area contributed by atoms with E-state index >= 15 is 0 Å². The van der Waals surface area contributed by atoms with Crippen LogP contribution >= 0.6 is 0 Å². The van der Waals surface area contributed by atoms with Crippen LogP contribution in [0.3, 0.4) is 0 Å². The summed E-state index contributed by atoms with van der Waals surface area (Å²) in [5.41, 5.74) is 5.19. The average Bonchev–Trinajstić information content (AvgIpc) is 3.15. The molecule has 3 aromatic rings. The standard InChI is InChI=1S/C29H37NO/c1-3-11-23(29(31)24-14-5-4-6-15-24)17-9-12-22-13-10-18-25(20-22)28-21-26-16-7-8-19-27(26)30(28)2/h7-8,10,13,16,18-21,23-24H,3-6,9,11-12,14-15,17H2,1-2H3. The van der Waals surface area contributed by atoms with Gasteiger partial charge in [0.1, 0.15) is 5.78 Å². The highest BCUT2D eigenvalue weighted by molar-refractivity contribution is 5.87. The third-order valence-corrected chi connectivity index (χ3v) is 7.24. The lowest BCUT2D eigenvalue weighted by atomic mass is 9.78. The molecule has 1 aromatic heterocycles. The van der Waals surface area contributed by atoms with Gasteiger partial charge in [-0.05, 0) is 67.9 Å². The number of hydrogen-bond acceptors (Lipinski definition) is 1. The SMILES string of the molecule is CCCC(CCCc1cccc(-c2cc3ccccc3n2C)c1)C(=O)C1CCCCC1. The monoisotopic (exact) mass is 415 g/mol. The molecule has 0 aliphatic heterocycles. The maximum Gasteiger partial charge on any atom is 0.139 e. The van der Waals surface area contributed by atoms with Crippen molar-refractivity contribution in [1.29, 1.82) is 0 Å². The molecule has 1 aliphatic carbocycles. The molecule has 1 aliphatic rings. The van der Waals surface area contributed by atoms with Crippen LogP contribution in [0.25, 0.3) is 22.2 Å². The Morgan fingerprint density at radius 3 is 2.58 bits per heavy atom. The number of aryl methyl sites for hydroxylation is 2. The van der Waals surface area contributed by atoms with Crippen LogP contribution in [-0.4, -0.2) is 10.4 Å². The molecule has 0 amide bonds. The fraction of sp³-hybridized carbons (Fsp3) is 0.483. The zero-order valence-corrected chi connectivity index (χ0v) is 19.3. The van der Waals surface area contributed by atoms with E-state index in [1.165, 1.54) is 47.0 Å². The van der Waals surface area contributed by atoms with Crippen LogP contribution in [0.4, 0.5) is 0 Å². The molecule has 2 nitrogen and oxygen atoms in total. The van der Waals surface area contributed by atoms with Crippen LogP contribution in [0.5, 0.6) is 0 Å². The molecule has 1 atom stereocenters. The van der Waals surface area contributed by atoms with E-state index in [-0.39, 0.29) is 5.92 Å². The van der Waals surface area contributed by atoms with E-state index in [0.717, 1.165) is 44.9 Å². The minimum atomic E-state index is 0.273. The first-order valence-corrected chi connectivity index (χ1v) is 12.3. The Hall–Kier alpha value is -2.35. The van der Waals surface area contributed by atoms with Gasteiger partial charge in [-0.2, -0.15) is 0 Å². The van der Waals surface area contributed by atoms with Gasteiger partial charge in [0.15, 0.2) is 0 Å². The number of para-hydroxylation sites is 1. The molecule has 0 radical (unpaired) electrons. The van der Waals surface area contributed by atoms with Crippen molar-refractivity contribution < 1.29 is 4.79 Å². The Balaban J connectivity index is 1.41. The van der Waals surface area contributed by atoms with Gasteiger partial charge in [0.2, 0.25) is 0 Å². The molecule has 164 valence electrons. The normalized spacial score (nSPS) is 15.9. The number of Topliss-reactive ketones (excluding diaryl/α,β-unsaturated/α-hetero) is 1. The lowest BCUT2D eigenvalue weighted by Crippen LogP contribution is -2.25. The molecule has 31 heavy (non-hydrogen) atoms. The van der Waals surface area contributed by atoms with Crippen molar-refractivity contribution in [3.63, 3.8) is 0 Å². The maximum absolute atomic E-state index is 13.1. The fourth-order valence-corrected chi connectivity index (χ4v) is 5.50. The second-order valence-corrected chi connectivity index (χ2v) is 9.46. The van der Waals surface area contributed by atoms with Crippen LogP contribution in [0.1, 0.15) is 70.3 Å². The number of carbonyl (C=O) groups is 1. The van der Waals surface area contributed by atoms with Gasteiger partial charge < -0.3 is 4.57 Å². The van der Waals surface area contributed by atoms with E-state index in [2.05, 4.69) is 73.1 Å². The van der Waals surface area contributed by atoms with Crippen molar-refractivity contribution in [2.45, 2.75) is 71.1 Å². The topological polar surface area (TPSA) is 22.0 Å². The summed E-state index contributed by atoms with van der Waals surface area (Å²) in [4.78, 5) is 13.1. The molecule has 0 spiro atoms. The highest BCUT2D eigenvalue weighted by Gasteiger charge is 2.27. The van der Waals surface area contributed by atoms with Crippen molar-refractivity contribution in [3.8, 4) is 11.3 Å². The van der Waals surface area contributed by atoms with Gasteiger partial charge in [0, 0.05) is 35.5 Å². The first kappa shape index (κ1) is 21.9. The Morgan fingerprint density at radius 2 is 1.81 bits per heavy atom. The van der Waals surface area contributed by atoms with E-state index in [9.17, 15) is 4.79 Å². The van der Waals surface area contributed by atoms with Gasteiger partial charge in [0.05, 0.1) is 0 Å². The van der Waals surface area contributed by atoms with Crippen LogP contribution in [-0.2, 0) is 18.3 Å². The second-order valence-electron chi connectivity index (χ2n) is 9.46. The predicted octanol–water partition coefficient (Wildman–Crippen LogP) is 7.73. The Labute approximate surface area is 187 Å². The van der Waals surface area contributed by atoms with E-state index in [4.69, 9.17) is 0 Å².